The molecular formula is C15H15ClFNS. The number of hydrogen-bond acceptors (Lipinski definition) is 1. The lowest BCUT2D eigenvalue weighted by Crippen LogP contribution is -1.92. The van der Waals surface area contributed by atoms with E-state index in [9.17, 15) is 4.39 Å². The Morgan fingerprint density at radius 1 is 1.11 bits per heavy atom. The topological polar surface area (TPSA) is 12.0 Å². The van der Waals surface area contributed by atoms with Gasteiger partial charge in [-0.3, -0.25) is 0 Å². The third kappa shape index (κ3) is 4.01. The molecule has 0 amide bonds. The molecule has 2 rings (SSSR count). The Morgan fingerprint density at radius 3 is 2.37 bits per heavy atom. The molecule has 0 aromatic heterocycles. The summed E-state index contributed by atoms with van der Waals surface area (Å²) in [5, 5.41) is 3.34. The van der Waals surface area contributed by atoms with E-state index in [1.807, 2.05) is 13.8 Å². The summed E-state index contributed by atoms with van der Waals surface area (Å²) in [5.41, 5.74) is 3.34. The van der Waals surface area contributed by atoms with Gasteiger partial charge >= 0.3 is 0 Å². The minimum absolute atomic E-state index is 0.287. The van der Waals surface area contributed by atoms with E-state index >= 15 is 0 Å². The molecule has 0 heterocycles. The largest absolute Gasteiger partial charge is 0.353 e. The molecule has 4 heteroatoms. The standard InChI is InChI=1S/C13H9ClFNS.C2H6/c14-12-7-9(16-8-17)5-6-10(12)11-3-1-2-4-13(11)15;1-2/h1-8H,(H,16,17);1-2H3. The van der Waals surface area contributed by atoms with Crippen molar-refractivity contribution in [2.45, 2.75) is 13.8 Å². The normalized spacial score (nSPS) is 9.26. The van der Waals surface area contributed by atoms with Crippen molar-refractivity contribution in [2.75, 3.05) is 5.32 Å². The van der Waals surface area contributed by atoms with Crippen LogP contribution in [0, 0.1) is 5.82 Å². The first-order valence-electron chi connectivity index (χ1n) is 5.97. The molecule has 0 bridgehead atoms. The van der Waals surface area contributed by atoms with Gasteiger partial charge in [0.05, 0.1) is 10.5 Å². The van der Waals surface area contributed by atoms with E-state index in [2.05, 4.69) is 17.5 Å². The Balaban J connectivity index is 0.000000861. The molecule has 2 aromatic carbocycles. The second-order valence-corrected chi connectivity index (χ2v) is 4.08. The van der Waals surface area contributed by atoms with Crippen LogP contribution < -0.4 is 5.32 Å². The van der Waals surface area contributed by atoms with E-state index in [0.717, 1.165) is 5.69 Å². The summed E-state index contributed by atoms with van der Waals surface area (Å²) in [5.74, 6) is -0.287. The van der Waals surface area contributed by atoms with Crippen LogP contribution in [0.2, 0.25) is 5.02 Å². The van der Waals surface area contributed by atoms with E-state index in [1.165, 1.54) is 11.6 Å². The molecule has 1 N–H and O–H groups in total. The van der Waals surface area contributed by atoms with Crippen molar-refractivity contribution in [2.24, 2.45) is 0 Å². The second kappa shape index (κ2) is 7.87. The van der Waals surface area contributed by atoms with E-state index in [1.54, 1.807) is 36.4 Å². The first kappa shape index (κ1) is 15.6. The summed E-state index contributed by atoms with van der Waals surface area (Å²) in [6, 6.07) is 11.8. The van der Waals surface area contributed by atoms with Crippen molar-refractivity contribution in [1.82, 2.24) is 0 Å². The summed E-state index contributed by atoms with van der Waals surface area (Å²) in [4.78, 5) is 0. The van der Waals surface area contributed by atoms with Crippen LogP contribution >= 0.6 is 23.8 Å². The van der Waals surface area contributed by atoms with Crippen LogP contribution in [0.4, 0.5) is 10.1 Å². The maximum atomic E-state index is 13.6. The van der Waals surface area contributed by atoms with Gasteiger partial charge in [0, 0.05) is 16.8 Å². The Bertz CT molecular complexity index is 558. The Morgan fingerprint density at radius 2 is 1.79 bits per heavy atom. The monoisotopic (exact) mass is 295 g/mol. The smallest absolute Gasteiger partial charge is 0.131 e. The van der Waals surface area contributed by atoms with Crippen LogP contribution in [-0.2, 0) is 0 Å². The highest BCUT2D eigenvalue weighted by Crippen LogP contribution is 2.31. The zero-order valence-corrected chi connectivity index (χ0v) is 12.4. The number of nitrogens with one attached hydrogen (secondary N) is 1. The minimum atomic E-state index is -0.287. The molecular weight excluding hydrogens is 281 g/mol. The lowest BCUT2D eigenvalue weighted by molar-refractivity contribution is 0.631. The van der Waals surface area contributed by atoms with Crippen LogP contribution in [0.15, 0.2) is 42.5 Å². The molecule has 0 aliphatic heterocycles. The lowest BCUT2D eigenvalue weighted by atomic mass is 10.0. The van der Waals surface area contributed by atoms with Gasteiger partial charge in [-0.15, -0.1) is 0 Å². The molecule has 1 nitrogen and oxygen atoms in total. The summed E-state index contributed by atoms with van der Waals surface area (Å²) in [6.45, 7) is 4.00. The Labute approximate surface area is 123 Å². The Hall–Kier alpha value is -1.45. The molecule has 0 spiro atoms. The van der Waals surface area contributed by atoms with Crippen molar-refractivity contribution in [3.8, 4) is 11.1 Å². The molecule has 0 atom stereocenters. The van der Waals surface area contributed by atoms with Crippen molar-refractivity contribution >= 4 is 35.0 Å². The van der Waals surface area contributed by atoms with Gasteiger partial charge in [0.15, 0.2) is 0 Å². The third-order valence-corrected chi connectivity index (χ3v) is 2.79. The number of rotatable bonds is 3. The van der Waals surface area contributed by atoms with Gasteiger partial charge in [0.25, 0.3) is 0 Å². The number of benzene rings is 2. The lowest BCUT2D eigenvalue weighted by Gasteiger charge is -2.08. The van der Waals surface area contributed by atoms with Gasteiger partial charge in [0.1, 0.15) is 5.82 Å². The SMILES string of the molecule is CC.Fc1ccccc1-c1ccc(NC=S)cc1Cl. The molecule has 0 unspecified atom stereocenters. The van der Waals surface area contributed by atoms with Crippen LogP contribution in [0.1, 0.15) is 13.8 Å². The number of hydrogen-bond donors (Lipinski definition) is 1. The van der Waals surface area contributed by atoms with Crippen molar-refractivity contribution in [3.63, 3.8) is 0 Å². The van der Waals surface area contributed by atoms with E-state index in [4.69, 9.17) is 11.6 Å². The Kier molecular flexibility index (Phi) is 6.46. The van der Waals surface area contributed by atoms with E-state index in [0.29, 0.717) is 16.1 Å². The first-order chi connectivity index (χ1) is 9.22. The molecule has 0 saturated carbocycles. The zero-order valence-electron chi connectivity index (χ0n) is 10.8. The molecule has 2 aromatic rings. The van der Waals surface area contributed by atoms with Crippen molar-refractivity contribution in [3.05, 3.63) is 53.3 Å². The molecule has 0 fully saturated rings. The van der Waals surface area contributed by atoms with Crippen molar-refractivity contribution in [1.29, 1.82) is 0 Å². The maximum absolute atomic E-state index is 13.6. The summed E-state index contributed by atoms with van der Waals surface area (Å²) in [7, 11) is 0. The fourth-order valence-corrected chi connectivity index (χ4v) is 1.99. The summed E-state index contributed by atoms with van der Waals surface area (Å²) < 4.78 is 13.6. The minimum Gasteiger partial charge on any atom is -0.353 e. The maximum Gasteiger partial charge on any atom is 0.131 e. The first-order valence-corrected chi connectivity index (χ1v) is 6.82. The average Bonchev–Trinajstić information content (AvgIpc) is 2.43. The van der Waals surface area contributed by atoms with Crippen LogP contribution in [0.25, 0.3) is 11.1 Å². The predicted molar refractivity (Wildman–Crippen MR) is 85.5 cm³/mol. The highest BCUT2D eigenvalue weighted by atomic mass is 35.5. The number of anilines is 1. The quantitative estimate of drug-likeness (QED) is 0.746. The van der Waals surface area contributed by atoms with Crippen LogP contribution in [0.5, 0.6) is 0 Å². The fourth-order valence-electron chi connectivity index (χ4n) is 1.57. The zero-order chi connectivity index (χ0) is 14.3. The molecule has 100 valence electrons. The molecule has 0 aliphatic rings. The van der Waals surface area contributed by atoms with Crippen LogP contribution in [0.3, 0.4) is 0 Å². The second-order valence-electron chi connectivity index (χ2n) is 3.44. The molecule has 0 saturated heterocycles. The van der Waals surface area contributed by atoms with Gasteiger partial charge in [-0.05, 0) is 18.2 Å². The van der Waals surface area contributed by atoms with Gasteiger partial charge in [-0.2, -0.15) is 0 Å². The number of halogens is 2. The van der Waals surface area contributed by atoms with Gasteiger partial charge in [-0.1, -0.05) is 61.9 Å². The highest BCUT2D eigenvalue weighted by molar-refractivity contribution is 7.79. The molecule has 0 radical (unpaired) electrons. The van der Waals surface area contributed by atoms with E-state index in [-0.39, 0.29) is 5.82 Å². The van der Waals surface area contributed by atoms with Gasteiger partial charge < -0.3 is 5.32 Å². The van der Waals surface area contributed by atoms with Gasteiger partial charge in [0.2, 0.25) is 0 Å². The predicted octanol–water partition coefficient (Wildman–Crippen LogP) is 5.54. The summed E-state index contributed by atoms with van der Waals surface area (Å²) >= 11 is 10.8. The fraction of sp³-hybridized carbons (Fsp3) is 0.133. The van der Waals surface area contributed by atoms with Crippen molar-refractivity contribution < 1.29 is 4.39 Å². The third-order valence-electron chi connectivity index (χ3n) is 2.36. The average molecular weight is 296 g/mol. The highest BCUT2D eigenvalue weighted by Gasteiger charge is 2.08. The number of thiocarbonyl (C=S) groups is 1. The summed E-state index contributed by atoms with van der Waals surface area (Å²) in [6.07, 6.45) is 0. The van der Waals surface area contributed by atoms with Gasteiger partial charge in [-0.25, -0.2) is 4.39 Å². The molecule has 0 aliphatic carbocycles. The molecule has 19 heavy (non-hydrogen) atoms. The van der Waals surface area contributed by atoms with E-state index < -0.39 is 0 Å². The van der Waals surface area contributed by atoms with Crippen LogP contribution in [-0.4, -0.2) is 5.49 Å².